The Labute approximate surface area is 168 Å². The van der Waals surface area contributed by atoms with Crippen LogP contribution < -0.4 is 10.6 Å². The van der Waals surface area contributed by atoms with Crippen molar-refractivity contribution < 1.29 is 19.1 Å². The molecule has 1 atom stereocenters. The van der Waals surface area contributed by atoms with E-state index in [0.717, 1.165) is 30.4 Å². The number of nitrogens with zero attached hydrogens (tertiary/aromatic N) is 1. The molecule has 7 heteroatoms. The highest BCUT2D eigenvalue weighted by atomic mass is 19.1. The second-order valence-corrected chi connectivity index (χ2v) is 7.77. The number of urea groups is 1. The van der Waals surface area contributed by atoms with E-state index in [1.165, 1.54) is 17.7 Å². The van der Waals surface area contributed by atoms with E-state index >= 15 is 0 Å². The van der Waals surface area contributed by atoms with E-state index in [1.54, 1.807) is 17.0 Å². The fourth-order valence-electron chi connectivity index (χ4n) is 4.32. The fraction of sp³-hybridized carbons (Fsp3) is 0.364. The minimum Gasteiger partial charge on any atom is -0.465 e. The van der Waals surface area contributed by atoms with Crippen LogP contribution in [0.2, 0.25) is 0 Å². The largest absolute Gasteiger partial charge is 0.465 e. The van der Waals surface area contributed by atoms with Crippen LogP contribution in [0.15, 0.2) is 48.5 Å². The van der Waals surface area contributed by atoms with Gasteiger partial charge >= 0.3 is 12.1 Å². The molecule has 152 valence electrons. The number of amides is 3. The van der Waals surface area contributed by atoms with E-state index in [9.17, 15) is 14.0 Å². The summed E-state index contributed by atoms with van der Waals surface area (Å²) in [5.74, 6) is -0.0273. The first-order valence-electron chi connectivity index (χ1n) is 9.88. The Morgan fingerprint density at radius 1 is 1.10 bits per heavy atom. The zero-order valence-corrected chi connectivity index (χ0v) is 16.0. The van der Waals surface area contributed by atoms with Gasteiger partial charge in [-0.05, 0) is 54.0 Å². The summed E-state index contributed by atoms with van der Waals surface area (Å²) in [5, 5.41) is 14.2. The highest BCUT2D eigenvalue weighted by molar-refractivity contribution is 5.76. The second kappa shape index (κ2) is 8.11. The molecule has 4 rings (SSSR count). The molecule has 29 heavy (non-hydrogen) atoms. The van der Waals surface area contributed by atoms with E-state index in [-0.39, 0.29) is 29.8 Å². The molecular formula is C22H24FN3O3. The first-order chi connectivity index (χ1) is 14.0. The van der Waals surface area contributed by atoms with Crippen molar-refractivity contribution in [3.8, 4) is 0 Å². The lowest BCUT2D eigenvalue weighted by Crippen LogP contribution is -2.50. The van der Waals surface area contributed by atoms with Crippen molar-refractivity contribution in [1.29, 1.82) is 0 Å². The number of rotatable bonds is 4. The van der Waals surface area contributed by atoms with Crippen LogP contribution in [-0.4, -0.2) is 41.3 Å². The molecule has 0 bridgehead atoms. The van der Waals surface area contributed by atoms with Crippen molar-refractivity contribution in [2.45, 2.75) is 31.3 Å². The van der Waals surface area contributed by atoms with Crippen LogP contribution in [0.4, 0.5) is 14.0 Å². The molecule has 1 aliphatic carbocycles. The molecular weight excluding hydrogens is 373 g/mol. The van der Waals surface area contributed by atoms with E-state index in [0.29, 0.717) is 13.1 Å². The third kappa shape index (κ3) is 4.18. The molecule has 2 aliphatic rings. The predicted octanol–water partition coefficient (Wildman–Crippen LogP) is 3.53. The molecule has 1 aliphatic heterocycles. The Bertz CT molecular complexity index is 896. The third-order valence-electron chi connectivity index (χ3n) is 5.84. The number of benzene rings is 2. The van der Waals surface area contributed by atoms with Crippen LogP contribution in [0.5, 0.6) is 0 Å². The first kappa shape index (κ1) is 19.2. The average molecular weight is 397 g/mol. The number of carbonyl (C=O) groups is 2. The van der Waals surface area contributed by atoms with Gasteiger partial charge in [0.1, 0.15) is 5.82 Å². The highest BCUT2D eigenvalue weighted by Crippen LogP contribution is 2.35. The van der Waals surface area contributed by atoms with Crippen LogP contribution >= 0.6 is 0 Å². The van der Waals surface area contributed by atoms with Gasteiger partial charge in [-0.1, -0.05) is 36.4 Å². The van der Waals surface area contributed by atoms with Gasteiger partial charge in [0, 0.05) is 19.1 Å². The van der Waals surface area contributed by atoms with Crippen LogP contribution in [-0.2, 0) is 6.42 Å². The van der Waals surface area contributed by atoms with Crippen LogP contribution in [0, 0.1) is 11.7 Å². The first-order valence-corrected chi connectivity index (χ1v) is 9.88. The van der Waals surface area contributed by atoms with Gasteiger partial charge in [-0.2, -0.15) is 0 Å². The zero-order valence-electron chi connectivity index (χ0n) is 16.0. The molecule has 2 aromatic carbocycles. The minimum atomic E-state index is -1.01. The standard InChI is InChI=1S/C22H24FN3O3/c23-17-7-5-16(6-8-17)20-19-4-2-1-3-15(19)9-10-26(20)21(27)24-13-14-11-18(12-14)25-22(28)29/h1-8,14,18,20,25H,9-13H2,(H,24,27)(H,28,29). The molecule has 0 spiro atoms. The summed E-state index contributed by atoms with van der Waals surface area (Å²) in [5.41, 5.74) is 3.14. The molecule has 3 amide bonds. The van der Waals surface area contributed by atoms with Gasteiger partial charge in [0.15, 0.2) is 0 Å². The fourth-order valence-corrected chi connectivity index (χ4v) is 4.32. The van der Waals surface area contributed by atoms with Crippen molar-refractivity contribution in [3.63, 3.8) is 0 Å². The Morgan fingerprint density at radius 2 is 1.83 bits per heavy atom. The average Bonchev–Trinajstić information content (AvgIpc) is 2.69. The lowest BCUT2D eigenvalue weighted by atomic mass is 9.80. The Balaban J connectivity index is 1.46. The molecule has 0 aromatic heterocycles. The van der Waals surface area contributed by atoms with Crippen molar-refractivity contribution in [2.75, 3.05) is 13.1 Å². The van der Waals surface area contributed by atoms with E-state index < -0.39 is 6.09 Å². The van der Waals surface area contributed by atoms with E-state index in [2.05, 4.69) is 16.7 Å². The van der Waals surface area contributed by atoms with Gasteiger partial charge in [-0.15, -0.1) is 0 Å². The van der Waals surface area contributed by atoms with Gasteiger partial charge < -0.3 is 20.6 Å². The minimum absolute atomic E-state index is 0.0248. The number of fused-ring (bicyclic) bond motifs is 1. The lowest BCUT2D eigenvalue weighted by molar-refractivity contribution is 0.156. The van der Waals surface area contributed by atoms with Crippen LogP contribution in [0.25, 0.3) is 0 Å². The molecule has 1 heterocycles. The number of hydrogen-bond acceptors (Lipinski definition) is 2. The SMILES string of the molecule is O=C(O)NC1CC(CNC(=O)N2CCc3ccccc3C2c2ccc(F)cc2)C1. The van der Waals surface area contributed by atoms with E-state index in [1.807, 2.05) is 18.2 Å². The number of carboxylic acid groups (broad SMARTS) is 1. The molecule has 1 saturated carbocycles. The number of carbonyl (C=O) groups excluding carboxylic acids is 1. The van der Waals surface area contributed by atoms with E-state index in [4.69, 9.17) is 5.11 Å². The van der Waals surface area contributed by atoms with Gasteiger partial charge in [-0.3, -0.25) is 0 Å². The lowest BCUT2D eigenvalue weighted by Gasteiger charge is -2.39. The predicted molar refractivity (Wildman–Crippen MR) is 106 cm³/mol. The highest BCUT2D eigenvalue weighted by Gasteiger charge is 2.34. The summed E-state index contributed by atoms with van der Waals surface area (Å²) < 4.78 is 13.4. The van der Waals surface area contributed by atoms with Gasteiger partial charge in [0.05, 0.1) is 6.04 Å². The maximum Gasteiger partial charge on any atom is 0.404 e. The van der Waals surface area contributed by atoms with Gasteiger partial charge in [0.2, 0.25) is 0 Å². The summed E-state index contributed by atoms with van der Waals surface area (Å²) in [6.45, 7) is 1.10. The molecule has 1 unspecified atom stereocenters. The quantitative estimate of drug-likeness (QED) is 0.738. The topological polar surface area (TPSA) is 81.7 Å². The number of nitrogens with one attached hydrogen (secondary N) is 2. The van der Waals surface area contributed by atoms with Crippen LogP contribution in [0.1, 0.15) is 35.6 Å². The molecule has 2 aromatic rings. The summed E-state index contributed by atoms with van der Waals surface area (Å²) in [4.78, 5) is 25.5. The maximum absolute atomic E-state index is 13.4. The summed E-state index contributed by atoms with van der Waals surface area (Å²) in [6, 6.07) is 13.9. The van der Waals surface area contributed by atoms with Crippen molar-refractivity contribution in [2.24, 2.45) is 5.92 Å². The van der Waals surface area contributed by atoms with Gasteiger partial charge in [0.25, 0.3) is 0 Å². The van der Waals surface area contributed by atoms with Crippen LogP contribution in [0.3, 0.4) is 0 Å². The third-order valence-corrected chi connectivity index (χ3v) is 5.84. The Kier molecular flexibility index (Phi) is 5.38. The maximum atomic E-state index is 13.4. The second-order valence-electron chi connectivity index (χ2n) is 7.77. The van der Waals surface area contributed by atoms with Crippen molar-refractivity contribution in [1.82, 2.24) is 15.5 Å². The monoisotopic (exact) mass is 397 g/mol. The van der Waals surface area contributed by atoms with Gasteiger partial charge in [-0.25, -0.2) is 14.0 Å². The van der Waals surface area contributed by atoms with Crippen molar-refractivity contribution in [3.05, 3.63) is 71.0 Å². The smallest absolute Gasteiger partial charge is 0.404 e. The molecule has 0 saturated heterocycles. The zero-order chi connectivity index (χ0) is 20.4. The summed E-state index contributed by atoms with van der Waals surface area (Å²) in [7, 11) is 0. The normalized spacial score (nSPS) is 22.9. The molecule has 0 radical (unpaired) electrons. The number of hydrogen-bond donors (Lipinski definition) is 3. The Hall–Kier alpha value is -3.09. The molecule has 3 N–H and O–H groups in total. The number of halogens is 1. The Morgan fingerprint density at radius 3 is 2.55 bits per heavy atom. The molecule has 1 fully saturated rings. The summed E-state index contributed by atoms with van der Waals surface area (Å²) in [6.07, 6.45) is 1.23. The molecule has 6 nitrogen and oxygen atoms in total. The summed E-state index contributed by atoms with van der Waals surface area (Å²) >= 11 is 0. The van der Waals surface area contributed by atoms with Crippen molar-refractivity contribution >= 4 is 12.1 Å².